The standard InChI is InChI=1S/C22H25NOS/c1-3-25-16-10-9-15-23-17(2)21(19-13-7-8-14-20(19)23)22(24)18-11-5-4-6-12-18/h4-8,11-14H,3,9-10,15-16H2,1-2H3. The van der Waals surface area contributed by atoms with Gasteiger partial charge in [-0.15, -0.1) is 0 Å². The number of aromatic nitrogens is 1. The first-order valence-corrected chi connectivity index (χ1v) is 10.1. The zero-order valence-electron chi connectivity index (χ0n) is 15.0. The predicted molar refractivity (Wildman–Crippen MR) is 109 cm³/mol. The number of unbranched alkanes of at least 4 members (excludes halogenated alkanes) is 1. The number of carbonyl (C=O) groups is 1. The van der Waals surface area contributed by atoms with Crippen LogP contribution in [0.2, 0.25) is 0 Å². The smallest absolute Gasteiger partial charge is 0.195 e. The Hall–Kier alpha value is -2.00. The van der Waals surface area contributed by atoms with Crippen molar-refractivity contribution in [2.24, 2.45) is 0 Å². The van der Waals surface area contributed by atoms with E-state index in [4.69, 9.17) is 0 Å². The van der Waals surface area contributed by atoms with Gasteiger partial charge in [0.15, 0.2) is 5.78 Å². The van der Waals surface area contributed by atoms with E-state index in [1.54, 1.807) is 0 Å². The first kappa shape index (κ1) is 17.8. The molecule has 0 saturated heterocycles. The van der Waals surface area contributed by atoms with E-state index in [1.165, 1.54) is 23.4 Å². The zero-order valence-corrected chi connectivity index (χ0v) is 15.8. The van der Waals surface area contributed by atoms with E-state index < -0.39 is 0 Å². The van der Waals surface area contributed by atoms with Gasteiger partial charge in [-0.1, -0.05) is 55.5 Å². The molecule has 2 aromatic carbocycles. The van der Waals surface area contributed by atoms with E-state index in [9.17, 15) is 4.79 Å². The molecule has 0 atom stereocenters. The highest BCUT2D eigenvalue weighted by atomic mass is 32.2. The van der Waals surface area contributed by atoms with Gasteiger partial charge in [0.1, 0.15) is 0 Å². The van der Waals surface area contributed by atoms with Crippen LogP contribution in [0.15, 0.2) is 54.6 Å². The highest BCUT2D eigenvalue weighted by Gasteiger charge is 2.20. The van der Waals surface area contributed by atoms with Crippen LogP contribution < -0.4 is 0 Å². The first-order valence-electron chi connectivity index (χ1n) is 8.99. The van der Waals surface area contributed by atoms with Crippen molar-refractivity contribution in [3.05, 3.63) is 71.4 Å². The fourth-order valence-corrected chi connectivity index (χ4v) is 4.05. The second-order valence-corrected chi connectivity index (χ2v) is 7.62. The first-order chi connectivity index (χ1) is 12.2. The lowest BCUT2D eigenvalue weighted by Crippen LogP contribution is -2.06. The molecule has 0 fully saturated rings. The van der Waals surface area contributed by atoms with Gasteiger partial charge in [-0.05, 0) is 37.3 Å². The number of para-hydroxylation sites is 1. The third-order valence-electron chi connectivity index (χ3n) is 4.62. The number of hydrogen-bond acceptors (Lipinski definition) is 2. The minimum absolute atomic E-state index is 0.120. The van der Waals surface area contributed by atoms with Gasteiger partial charge < -0.3 is 4.57 Å². The van der Waals surface area contributed by atoms with Crippen LogP contribution in [0.5, 0.6) is 0 Å². The molecule has 3 rings (SSSR count). The minimum atomic E-state index is 0.120. The molecule has 0 saturated carbocycles. The molecular weight excluding hydrogens is 326 g/mol. The summed E-state index contributed by atoms with van der Waals surface area (Å²) in [7, 11) is 0. The number of benzene rings is 2. The molecule has 3 aromatic rings. The SMILES string of the molecule is CCSCCCCn1c(C)c(C(=O)c2ccccc2)c2ccccc21. The van der Waals surface area contributed by atoms with Gasteiger partial charge in [0.05, 0.1) is 5.56 Å². The van der Waals surface area contributed by atoms with Crippen LogP contribution in [0.25, 0.3) is 10.9 Å². The maximum Gasteiger partial charge on any atom is 0.195 e. The summed E-state index contributed by atoms with van der Waals surface area (Å²) < 4.78 is 2.32. The minimum Gasteiger partial charge on any atom is -0.344 e. The number of aryl methyl sites for hydroxylation is 1. The number of thioether (sulfide) groups is 1. The van der Waals surface area contributed by atoms with Gasteiger partial charge in [-0.25, -0.2) is 0 Å². The van der Waals surface area contributed by atoms with Gasteiger partial charge >= 0.3 is 0 Å². The van der Waals surface area contributed by atoms with Crippen LogP contribution in [0, 0.1) is 6.92 Å². The van der Waals surface area contributed by atoms with E-state index >= 15 is 0 Å². The van der Waals surface area contributed by atoms with E-state index in [1.807, 2.05) is 48.2 Å². The molecule has 0 aliphatic heterocycles. The maximum absolute atomic E-state index is 13.1. The zero-order chi connectivity index (χ0) is 17.6. The van der Waals surface area contributed by atoms with Crippen LogP contribution in [-0.4, -0.2) is 21.9 Å². The second kappa shape index (κ2) is 8.39. The van der Waals surface area contributed by atoms with E-state index in [-0.39, 0.29) is 5.78 Å². The lowest BCUT2D eigenvalue weighted by atomic mass is 10.0. The summed E-state index contributed by atoms with van der Waals surface area (Å²) in [5, 5.41) is 1.07. The van der Waals surface area contributed by atoms with Crippen molar-refractivity contribution >= 4 is 28.4 Å². The van der Waals surface area contributed by atoms with Crippen LogP contribution in [0.4, 0.5) is 0 Å². The summed E-state index contributed by atoms with van der Waals surface area (Å²) in [5.41, 5.74) is 3.86. The van der Waals surface area contributed by atoms with Crippen molar-refractivity contribution in [1.82, 2.24) is 4.57 Å². The molecular formula is C22H25NOS. The third kappa shape index (κ3) is 3.82. The Balaban J connectivity index is 1.94. The Bertz CT molecular complexity index is 851. The van der Waals surface area contributed by atoms with Crippen molar-refractivity contribution in [1.29, 1.82) is 0 Å². The molecule has 0 aliphatic rings. The van der Waals surface area contributed by atoms with Crippen molar-refractivity contribution in [2.45, 2.75) is 33.2 Å². The molecule has 0 aliphatic carbocycles. The summed E-state index contributed by atoms with van der Waals surface area (Å²) in [4.78, 5) is 13.1. The fraction of sp³-hybridized carbons (Fsp3) is 0.318. The normalized spacial score (nSPS) is 11.1. The molecule has 130 valence electrons. The Morgan fingerprint density at radius 1 is 1.00 bits per heavy atom. The molecule has 3 heteroatoms. The number of ketones is 1. The second-order valence-electron chi connectivity index (χ2n) is 6.23. The largest absolute Gasteiger partial charge is 0.344 e. The molecule has 2 nitrogen and oxygen atoms in total. The molecule has 0 N–H and O–H groups in total. The van der Waals surface area contributed by atoms with Crippen LogP contribution >= 0.6 is 11.8 Å². The highest BCUT2D eigenvalue weighted by molar-refractivity contribution is 7.99. The molecule has 0 amide bonds. The van der Waals surface area contributed by atoms with Crippen molar-refractivity contribution in [3.63, 3.8) is 0 Å². The lowest BCUT2D eigenvalue weighted by molar-refractivity contribution is 0.103. The molecule has 0 unspecified atom stereocenters. The van der Waals surface area contributed by atoms with Crippen LogP contribution in [0.1, 0.15) is 41.4 Å². The van der Waals surface area contributed by atoms with E-state index in [0.717, 1.165) is 35.2 Å². The average molecular weight is 352 g/mol. The van der Waals surface area contributed by atoms with Gasteiger partial charge in [-0.2, -0.15) is 11.8 Å². The van der Waals surface area contributed by atoms with Crippen molar-refractivity contribution < 1.29 is 4.79 Å². The van der Waals surface area contributed by atoms with E-state index in [0.29, 0.717) is 0 Å². The summed E-state index contributed by atoms with van der Waals surface area (Å²) in [6.45, 7) is 5.26. The summed E-state index contributed by atoms with van der Waals surface area (Å²) in [6, 6.07) is 17.9. The number of fused-ring (bicyclic) bond motifs is 1. The third-order valence-corrected chi connectivity index (χ3v) is 5.60. The quantitative estimate of drug-likeness (QED) is 0.383. The molecule has 1 aromatic heterocycles. The fourth-order valence-electron chi connectivity index (χ4n) is 3.36. The van der Waals surface area contributed by atoms with Crippen LogP contribution in [-0.2, 0) is 6.54 Å². The van der Waals surface area contributed by atoms with Gasteiger partial charge in [0, 0.05) is 28.7 Å². The number of nitrogens with zero attached hydrogens (tertiary/aromatic N) is 1. The van der Waals surface area contributed by atoms with Crippen molar-refractivity contribution in [2.75, 3.05) is 11.5 Å². The molecule has 0 radical (unpaired) electrons. The predicted octanol–water partition coefficient (Wildman–Crippen LogP) is 5.71. The highest BCUT2D eigenvalue weighted by Crippen LogP contribution is 2.28. The Morgan fingerprint density at radius 3 is 2.48 bits per heavy atom. The Morgan fingerprint density at radius 2 is 1.72 bits per heavy atom. The van der Waals surface area contributed by atoms with Gasteiger partial charge in [0.2, 0.25) is 0 Å². The topological polar surface area (TPSA) is 22.0 Å². The van der Waals surface area contributed by atoms with Crippen molar-refractivity contribution in [3.8, 4) is 0 Å². The summed E-state index contributed by atoms with van der Waals surface area (Å²) in [5.74, 6) is 2.51. The number of rotatable bonds is 8. The monoisotopic (exact) mass is 351 g/mol. The average Bonchev–Trinajstić information content (AvgIpc) is 2.93. The maximum atomic E-state index is 13.1. The molecule has 1 heterocycles. The summed E-state index contributed by atoms with van der Waals surface area (Å²) in [6.07, 6.45) is 2.36. The van der Waals surface area contributed by atoms with E-state index in [2.05, 4.69) is 36.6 Å². The van der Waals surface area contributed by atoms with Crippen LogP contribution in [0.3, 0.4) is 0 Å². The Kier molecular flexibility index (Phi) is 5.98. The molecule has 0 spiro atoms. The molecule has 0 bridgehead atoms. The lowest BCUT2D eigenvalue weighted by Gasteiger charge is -2.08. The van der Waals surface area contributed by atoms with Gasteiger partial charge in [-0.3, -0.25) is 4.79 Å². The molecule has 25 heavy (non-hydrogen) atoms. The number of hydrogen-bond donors (Lipinski definition) is 0. The summed E-state index contributed by atoms with van der Waals surface area (Å²) >= 11 is 2.00. The number of carbonyl (C=O) groups excluding carboxylic acids is 1. The Labute approximate surface area is 154 Å². The van der Waals surface area contributed by atoms with Gasteiger partial charge in [0.25, 0.3) is 0 Å².